The number of hydrogen-bond donors (Lipinski definition) is 2. The van der Waals surface area contributed by atoms with Crippen LogP contribution in [0.25, 0.3) is 0 Å². The summed E-state index contributed by atoms with van der Waals surface area (Å²) in [6.45, 7) is 2.18. The molecule has 98 valence electrons. The number of hydrogen-bond acceptors (Lipinski definition) is 4. The lowest BCUT2D eigenvalue weighted by atomic mass is 10.1. The Morgan fingerprint density at radius 3 is 2.67 bits per heavy atom. The molecule has 0 saturated carbocycles. The molecule has 0 saturated heterocycles. The molecule has 0 aromatic heterocycles. The smallest absolute Gasteiger partial charge is 0.341 e. The number of carbonyl (C=O) groups is 2. The molecule has 1 rings (SSSR count). The molecule has 1 aromatic rings. The lowest BCUT2D eigenvalue weighted by Gasteiger charge is -2.16. The lowest BCUT2D eigenvalue weighted by molar-refractivity contribution is -0.131. The molecule has 0 unspecified atom stereocenters. The summed E-state index contributed by atoms with van der Waals surface area (Å²) in [6, 6.07) is 4.51. The van der Waals surface area contributed by atoms with Crippen molar-refractivity contribution in [1.29, 1.82) is 0 Å². The van der Waals surface area contributed by atoms with Crippen LogP contribution in [0.2, 0.25) is 0 Å². The van der Waals surface area contributed by atoms with Crippen molar-refractivity contribution in [3.8, 4) is 5.75 Å². The van der Waals surface area contributed by atoms with Crippen molar-refractivity contribution in [2.45, 2.75) is 6.92 Å². The van der Waals surface area contributed by atoms with Crippen LogP contribution in [0.5, 0.6) is 5.75 Å². The summed E-state index contributed by atoms with van der Waals surface area (Å²) < 4.78 is 5.21. The van der Waals surface area contributed by atoms with Crippen molar-refractivity contribution < 1.29 is 19.4 Å². The van der Waals surface area contributed by atoms with Crippen LogP contribution in [-0.2, 0) is 4.79 Å². The first kappa shape index (κ1) is 13.8. The molecular formula is C12H16N2O4. The van der Waals surface area contributed by atoms with Crippen molar-refractivity contribution in [1.82, 2.24) is 4.90 Å². The highest BCUT2D eigenvalue weighted by Gasteiger charge is 2.16. The number of nitrogens with two attached hydrogens (primary N) is 1. The van der Waals surface area contributed by atoms with E-state index < -0.39 is 5.97 Å². The Bertz CT molecular complexity index is 459. The Kier molecular flexibility index (Phi) is 4.53. The van der Waals surface area contributed by atoms with Gasteiger partial charge in [0.05, 0.1) is 0 Å². The van der Waals surface area contributed by atoms with Crippen LogP contribution in [0.3, 0.4) is 0 Å². The molecule has 0 atom stereocenters. The molecule has 0 fully saturated rings. The molecule has 6 heteroatoms. The van der Waals surface area contributed by atoms with Gasteiger partial charge in [0.25, 0.3) is 5.91 Å². The number of amides is 1. The second-order valence-electron chi connectivity index (χ2n) is 3.72. The Morgan fingerprint density at radius 2 is 2.11 bits per heavy atom. The number of ether oxygens (including phenoxy) is 1. The SMILES string of the molecule is CCN(C)C(=O)COc1cccc(N)c1C(=O)O. The summed E-state index contributed by atoms with van der Waals surface area (Å²) in [5, 5.41) is 9.01. The van der Waals surface area contributed by atoms with Gasteiger partial charge in [0.2, 0.25) is 0 Å². The van der Waals surface area contributed by atoms with Crippen LogP contribution in [0, 0.1) is 0 Å². The molecule has 0 aliphatic carbocycles. The molecule has 6 nitrogen and oxygen atoms in total. The third kappa shape index (κ3) is 3.13. The zero-order chi connectivity index (χ0) is 13.7. The number of rotatable bonds is 5. The van der Waals surface area contributed by atoms with E-state index in [2.05, 4.69) is 0 Å². The predicted octanol–water partition coefficient (Wildman–Crippen LogP) is 0.824. The Balaban J connectivity index is 2.83. The number of carboxylic acids is 1. The van der Waals surface area contributed by atoms with Crippen molar-refractivity contribution >= 4 is 17.6 Å². The predicted molar refractivity (Wildman–Crippen MR) is 66.6 cm³/mol. The fourth-order valence-corrected chi connectivity index (χ4v) is 1.32. The Labute approximate surface area is 105 Å². The first-order chi connectivity index (χ1) is 8.47. The van der Waals surface area contributed by atoms with E-state index in [1.807, 2.05) is 6.92 Å². The summed E-state index contributed by atoms with van der Waals surface area (Å²) in [6.07, 6.45) is 0. The summed E-state index contributed by atoms with van der Waals surface area (Å²) in [5.41, 5.74) is 5.55. The van der Waals surface area contributed by atoms with Gasteiger partial charge in [0.1, 0.15) is 11.3 Å². The zero-order valence-electron chi connectivity index (χ0n) is 10.3. The average Bonchev–Trinajstić information content (AvgIpc) is 2.34. The maximum Gasteiger partial charge on any atom is 0.341 e. The van der Waals surface area contributed by atoms with Crippen molar-refractivity contribution in [2.75, 3.05) is 25.9 Å². The Hall–Kier alpha value is -2.24. The maximum absolute atomic E-state index is 11.5. The number of carbonyl (C=O) groups excluding carboxylic acids is 1. The number of nitrogen functional groups attached to an aromatic ring is 1. The number of anilines is 1. The average molecular weight is 252 g/mol. The molecule has 0 aliphatic heterocycles. The molecule has 0 spiro atoms. The monoisotopic (exact) mass is 252 g/mol. The van der Waals surface area contributed by atoms with Gasteiger partial charge >= 0.3 is 5.97 Å². The van der Waals surface area contributed by atoms with Gasteiger partial charge in [-0.2, -0.15) is 0 Å². The van der Waals surface area contributed by atoms with Crippen LogP contribution in [-0.4, -0.2) is 42.1 Å². The van der Waals surface area contributed by atoms with E-state index in [4.69, 9.17) is 15.6 Å². The molecule has 0 aliphatic rings. The molecule has 0 bridgehead atoms. The van der Waals surface area contributed by atoms with E-state index in [9.17, 15) is 9.59 Å². The van der Waals surface area contributed by atoms with Crippen LogP contribution < -0.4 is 10.5 Å². The second-order valence-corrected chi connectivity index (χ2v) is 3.72. The number of aromatic carboxylic acids is 1. The largest absolute Gasteiger partial charge is 0.483 e. The molecule has 0 heterocycles. The van der Waals surface area contributed by atoms with Gasteiger partial charge in [0, 0.05) is 19.3 Å². The first-order valence-corrected chi connectivity index (χ1v) is 5.46. The topological polar surface area (TPSA) is 92.9 Å². The van der Waals surface area contributed by atoms with Gasteiger partial charge in [-0.05, 0) is 19.1 Å². The summed E-state index contributed by atoms with van der Waals surface area (Å²) in [4.78, 5) is 24.0. The van der Waals surface area contributed by atoms with E-state index in [1.54, 1.807) is 13.1 Å². The third-order valence-electron chi connectivity index (χ3n) is 2.52. The second kappa shape index (κ2) is 5.90. The number of likely N-dealkylation sites (N-methyl/N-ethyl adjacent to an activating group) is 1. The highest BCUT2D eigenvalue weighted by molar-refractivity contribution is 5.96. The molecule has 18 heavy (non-hydrogen) atoms. The van der Waals surface area contributed by atoms with E-state index in [1.165, 1.54) is 17.0 Å². The van der Waals surface area contributed by atoms with Gasteiger partial charge in [-0.1, -0.05) is 6.07 Å². The number of carboxylic acid groups (broad SMARTS) is 1. The molecule has 1 aromatic carbocycles. The standard InChI is InChI=1S/C12H16N2O4/c1-3-14(2)10(15)7-18-9-6-4-5-8(13)11(9)12(16)17/h4-6H,3,7,13H2,1-2H3,(H,16,17). The fourth-order valence-electron chi connectivity index (χ4n) is 1.32. The first-order valence-electron chi connectivity index (χ1n) is 5.46. The zero-order valence-corrected chi connectivity index (χ0v) is 10.3. The molecule has 1 amide bonds. The van der Waals surface area contributed by atoms with Gasteiger partial charge in [0.15, 0.2) is 6.61 Å². The van der Waals surface area contributed by atoms with Gasteiger partial charge < -0.3 is 20.5 Å². The normalized spacial score (nSPS) is 9.89. The lowest BCUT2D eigenvalue weighted by Crippen LogP contribution is -2.31. The highest BCUT2D eigenvalue weighted by atomic mass is 16.5. The van der Waals surface area contributed by atoms with Crippen LogP contribution >= 0.6 is 0 Å². The van der Waals surface area contributed by atoms with Crippen molar-refractivity contribution in [3.05, 3.63) is 23.8 Å². The highest BCUT2D eigenvalue weighted by Crippen LogP contribution is 2.24. The maximum atomic E-state index is 11.5. The fraction of sp³-hybridized carbons (Fsp3) is 0.333. The van der Waals surface area contributed by atoms with Crippen LogP contribution in [0.4, 0.5) is 5.69 Å². The van der Waals surface area contributed by atoms with Crippen LogP contribution in [0.15, 0.2) is 18.2 Å². The minimum Gasteiger partial charge on any atom is -0.483 e. The van der Waals surface area contributed by atoms with Gasteiger partial charge in [-0.25, -0.2) is 4.79 Å². The Morgan fingerprint density at radius 1 is 1.44 bits per heavy atom. The number of nitrogens with zero attached hydrogens (tertiary/aromatic N) is 1. The molecular weight excluding hydrogens is 236 g/mol. The molecule has 3 N–H and O–H groups in total. The summed E-state index contributed by atoms with van der Waals surface area (Å²) in [7, 11) is 1.64. The summed E-state index contributed by atoms with van der Waals surface area (Å²) in [5.74, 6) is -1.31. The van der Waals surface area contributed by atoms with Crippen LogP contribution in [0.1, 0.15) is 17.3 Å². The van der Waals surface area contributed by atoms with Gasteiger partial charge in [-0.3, -0.25) is 4.79 Å². The van der Waals surface area contributed by atoms with E-state index in [0.29, 0.717) is 6.54 Å². The third-order valence-corrected chi connectivity index (χ3v) is 2.52. The minimum absolute atomic E-state index is 0.0975. The number of benzene rings is 1. The van der Waals surface area contributed by atoms with E-state index >= 15 is 0 Å². The molecule has 0 radical (unpaired) electrons. The van der Waals surface area contributed by atoms with Gasteiger partial charge in [-0.15, -0.1) is 0 Å². The minimum atomic E-state index is -1.18. The van der Waals surface area contributed by atoms with Crippen molar-refractivity contribution in [2.24, 2.45) is 0 Å². The van der Waals surface area contributed by atoms with E-state index in [0.717, 1.165) is 0 Å². The quantitative estimate of drug-likeness (QED) is 0.757. The van der Waals surface area contributed by atoms with Crippen molar-refractivity contribution in [3.63, 3.8) is 0 Å². The summed E-state index contributed by atoms with van der Waals surface area (Å²) >= 11 is 0. The van der Waals surface area contributed by atoms with E-state index in [-0.39, 0.29) is 29.5 Å².